The van der Waals surface area contributed by atoms with Gasteiger partial charge in [0.05, 0.1) is 27.6 Å². The SMILES string of the molecule is C#C/C=C(\C=C/C)C1=NC(n2c3ccc4ccccc4c3c3c4c(cc(-c5ccc6c(c5)c5ccc#cc5n6C(/C=C\C)=C/C)c32)C2C=CC=CC2O4)Nc2ccccc21. The maximum atomic E-state index is 7.07. The Bertz CT molecular complexity index is 3390. The average Bonchev–Trinajstić information content (AvgIpc) is 3.95. The quantitative estimate of drug-likeness (QED) is 0.135. The van der Waals surface area contributed by atoms with Gasteiger partial charge in [-0.1, -0.05) is 109 Å². The number of aromatic nitrogens is 2. The van der Waals surface area contributed by atoms with E-state index in [9.17, 15) is 0 Å². The van der Waals surface area contributed by atoms with Crippen LogP contribution in [0.3, 0.4) is 0 Å². The summed E-state index contributed by atoms with van der Waals surface area (Å²) in [4.78, 5) is 5.59. The zero-order chi connectivity index (χ0) is 40.5. The maximum Gasteiger partial charge on any atom is 0.201 e. The van der Waals surface area contributed by atoms with Crippen LogP contribution in [0.2, 0.25) is 0 Å². The molecule has 6 aromatic carbocycles. The van der Waals surface area contributed by atoms with E-state index in [2.05, 4.69) is 174 Å². The first kappa shape index (κ1) is 35.4. The fourth-order valence-electron chi connectivity index (χ4n) is 9.71. The molecule has 8 aromatic rings. The van der Waals surface area contributed by atoms with E-state index in [4.69, 9.17) is 16.2 Å². The molecule has 5 heteroatoms. The summed E-state index contributed by atoms with van der Waals surface area (Å²) in [5.74, 6) is 3.78. The summed E-state index contributed by atoms with van der Waals surface area (Å²) in [5, 5.41) is 10.7. The number of aliphatic imine (C=N–C) groups is 1. The topological polar surface area (TPSA) is 43.5 Å². The molecule has 0 saturated carbocycles. The molecule has 0 amide bonds. The first-order chi connectivity index (χ1) is 29.6. The van der Waals surface area contributed by atoms with Crippen LogP contribution >= 0.6 is 0 Å². The summed E-state index contributed by atoms with van der Waals surface area (Å²) < 4.78 is 11.8. The Balaban J connectivity index is 1.29. The van der Waals surface area contributed by atoms with Crippen LogP contribution < -0.4 is 10.1 Å². The van der Waals surface area contributed by atoms with Crippen LogP contribution in [-0.4, -0.2) is 20.9 Å². The van der Waals surface area contributed by atoms with E-state index in [0.717, 1.165) is 94.1 Å². The summed E-state index contributed by atoms with van der Waals surface area (Å²) in [7, 11) is 0. The van der Waals surface area contributed by atoms with Crippen molar-refractivity contribution in [2.75, 3.05) is 5.32 Å². The molecule has 0 spiro atoms. The normalized spacial score (nSPS) is 18.6. The standard InChI is InChI=1S/C55H40N4O/c1-5-17-35(18-6-2)52-41-24-11-14-25-45(41)56-55(57-52)59-48-31-28-34-20-9-10-21-38(34)50(48)51-53(59)42(33-44-40-23-13-16-27-49(40)60-54(44)51)36-29-30-47-43(32-36)39-22-12-15-26-46(39)58(47)37(8-4)19-7-3/h1,6-14,16-25,27-33,40,49,55-56H,2-4H3/b18-6-,19-7-,35-17+,37-8+. The van der Waals surface area contributed by atoms with Crippen molar-refractivity contribution in [2.45, 2.75) is 39.1 Å². The van der Waals surface area contributed by atoms with Gasteiger partial charge in [-0.15, -0.1) is 6.42 Å². The van der Waals surface area contributed by atoms with Crippen LogP contribution in [0.15, 0.2) is 168 Å². The molecule has 0 fully saturated rings. The molecule has 3 unspecified atom stereocenters. The lowest BCUT2D eigenvalue weighted by Crippen LogP contribution is -2.25. The number of nitrogens with zero attached hydrogens (tertiary/aromatic N) is 3. The number of fused-ring (bicyclic) bond motifs is 13. The predicted molar refractivity (Wildman–Crippen MR) is 251 cm³/mol. The van der Waals surface area contributed by atoms with Gasteiger partial charge in [0.25, 0.3) is 0 Å². The molecule has 3 atom stereocenters. The number of terminal acetylenes is 1. The highest BCUT2D eigenvalue weighted by Crippen LogP contribution is 2.53. The molecular formula is C55H40N4O. The van der Waals surface area contributed by atoms with Gasteiger partial charge in [-0.3, -0.25) is 4.57 Å². The van der Waals surface area contributed by atoms with Crippen molar-refractivity contribution in [3.05, 3.63) is 187 Å². The van der Waals surface area contributed by atoms with Gasteiger partial charge in [-0.25, -0.2) is 4.99 Å². The van der Waals surface area contributed by atoms with Crippen molar-refractivity contribution >= 4 is 71.5 Å². The zero-order valence-corrected chi connectivity index (χ0v) is 33.6. The maximum absolute atomic E-state index is 7.07. The van der Waals surface area contributed by atoms with Gasteiger partial charge in [0.1, 0.15) is 17.4 Å². The monoisotopic (exact) mass is 772 g/mol. The highest BCUT2D eigenvalue weighted by atomic mass is 16.5. The van der Waals surface area contributed by atoms with Crippen LogP contribution in [0.1, 0.15) is 44.1 Å². The van der Waals surface area contributed by atoms with Gasteiger partial charge in [0.15, 0.2) is 0 Å². The molecule has 1 N–H and O–H groups in total. The number of hydrogen-bond acceptors (Lipinski definition) is 3. The third-order valence-electron chi connectivity index (χ3n) is 12.2. The fraction of sp³-hybridized carbons (Fsp3) is 0.109. The average molecular weight is 773 g/mol. The van der Waals surface area contributed by atoms with E-state index in [1.807, 2.05) is 37.3 Å². The summed E-state index contributed by atoms with van der Waals surface area (Å²) >= 11 is 0. The first-order valence-electron chi connectivity index (χ1n) is 20.5. The number of nitrogens with one attached hydrogen (secondary N) is 1. The number of para-hydroxylation sites is 1. The van der Waals surface area contributed by atoms with E-state index in [1.54, 1.807) is 0 Å². The lowest BCUT2D eigenvalue weighted by atomic mass is 9.88. The van der Waals surface area contributed by atoms with Gasteiger partial charge >= 0.3 is 0 Å². The summed E-state index contributed by atoms with van der Waals surface area (Å²) in [5.41, 5.74) is 12.4. The number of hydrogen-bond donors (Lipinski definition) is 1. The Morgan fingerprint density at radius 3 is 2.53 bits per heavy atom. The van der Waals surface area contributed by atoms with E-state index in [0.29, 0.717) is 0 Å². The predicted octanol–water partition coefficient (Wildman–Crippen LogP) is 13.2. The second kappa shape index (κ2) is 14.0. The molecule has 1 aliphatic carbocycles. The van der Waals surface area contributed by atoms with Crippen molar-refractivity contribution < 1.29 is 4.74 Å². The molecule has 0 saturated heterocycles. The molecule has 4 heterocycles. The number of anilines is 1. The number of allylic oxidation sites excluding steroid dienone is 10. The summed E-state index contributed by atoms with van der Waals surface area (Å²) in [6.45, 7) is 6.14. The van der Waals surface area contributed by atoms with E-state index in [-0.39, 0.29) is 12.0 Å². The van der Waals surface area contributed by atoms with E-state index >= 15 is 0 Å². The van der Waals surface area contributed by atoms with Crippen LogP contribution in [0, 0.1) is 24.5 Å². The van der Waals surface area contributed by atoms with Gasteiger partial charge in [0.2, 0.25) is 6.29 Å². The smallest absolute Gasteiger partial charge is 0.201 e. The van der Waals surface area contributed by atoms with Crippen LogP contribution in [0.5, 0.6) is 5.75 Å². The summed E-state index contributed by atoms with van der Waals surface area (Å²) in [6, 6.07) is 41.5. The molecule has 11 rings (SSSR count). The molecule has 60 heavy (non-hydrogen) atoms. The first-order valence-corrected chi connectivity index (χ1v) is 20.5. The molecule has 5 nitrogen and oxygen atoms in total. The molecule has 2 aliphatic heterocycles. The Labute approximate surface area is 349 Å². The second-order valence-corrected chi connectivity index (χ2v) is 15.4. The Hall–Kier alpha value is -7.73. The minimum Gasteiger partial charge on any atom is -0.484 e. The number of ether oxygens (including phenoxy) is 1. The molecular weight excluding hydrogens is 733 g/mol. The molecule has 0 bridgehead atoms. The minimum absolute atomic E-state index is 0.0805. The molecule has 3 aliphatic rings. The molecule has 286 valence electrons. The van der Waals surface area contributed by atoms with Crippen molar-refractivity contribution in [3.8, 4) is 29.2 Å². The van der Waals surface area contributed by atoms with Crippen molar-refractivity contribution in [2.24, 2.45) is 4.99 Å². The molecule has 0 radical (unpaired) electrons. The van der Waals surface area contributed by atoms with E-state index in [1.165, 1.54) is 10.9 Å². The Morgan fingerprint density at radius 2 is 1.67 bits per heavy atom. The van der Waals surface area contributed by atoms with Gasteiger partial charge in [0, 0.05) is 55.7 Å². The van der Waals surface area contributed by atoms with Crippen molar-refractivity contribution in [1.29, 1.82) is 0 Å². The largest absolute Gasteiger partial charge is 0.484 e. The minimum atomic E-state index is -0.531. The highest BCUT2D eigenvalue weighted by Gasteiger charge is 2.38. The zero-order valence-electron chi connectivity index (χ0n) is 33.6. The number of benzene rings is 5. The lowest BCUT2D eigenvalue weighted by Gasteiger charge is -2.29. The van der Waals surface area contributed by atoms with E-state index < -0.39 is 6.29 Å². The van der Waals surface area contributed by atoms with Crippen molar-refractivity contribution in [3.63, 3.8) is 0 Å². The number of rotatable bonds is 6. The third-order valence-corrected chi connectivity index (χ3v) is 12.2. The van der Waals surface area contributed by atoms with Crippen LogP contribution in [-0.2, 0) is 0 Å². The van der Waals surface area contributed by atoms with Crippen LogP contribution in [0.4, 0.5) is 5.69 Å². The second-order valence-electron chi connectivity index (χ2n) is 15.4. The van der Waals surface area contributed by atoms with Gasteiger partial charge < -0.3 is 14.6 Å². The Kier molecular flexibility index (Phi) is 8.26. The van der Waals surface area contributed by atoms with Gasteiger partial charge in [-0.05, 0) is 104 Å². The van der Waals surface area contributed by atoms with Gasteiger partial charge in [-0.2, -0.15) is 0 Å². The molecule has 2 aromatic heterocycles. The third kappa shape index (κ3) is 5.19. The lowest BCUT2D eigenvalue weighted by molar-refractivity contribution is 0.271. The summed E-state index contributed by atoms with van der Waals surface area (Å²) in [6.07, 6.45) is 26.3. The van der Waals surface area contributed by atoms with Crippen molar-refractivity contribution in [1.82, 2.24) is 9.13 Å². The fourth-order valence-corrected chi connectivity index (χ4v) is 9.71. The highest BCUT2D eigenvalue weighted by molar-refractivity contribution is 6.26. The van der Waals surface area contributed by atoms with Crippen LogP contribution in [0.25, 0.3) is 71.2 Å². The Morgan fingerprint density at radius 1 is 0.833 bits per heavy atom.